The van der Waals surface area contributed by atoms with Crippen molar-refractivity contribution in [2.45, 2.75) is 33.6 Å². The molecule has 0 aliphatic heterocycles. The molecular formula is C8H17Cl. The zero-order valence-corrected chi connectivity index (χ0v) is 7.41. The van der Waals surface area contributed by atoms with Gasteiger partial charge in [0.05, 0.1) is 0 Å². The van der Waals surface area contributed by atoms with Gasteiger partial charge >= 0.3 is 0 Å². The minimum Gasteiger partial charge on any atom is -0.126 e. The largest absolute Gasteiger partial charge is 0.126 e. The third kappa shape index (κ3) is 3.10. The molecule has 0 heterocycles. The van der Waals surface area contributed by atoms with Crippen LogP contribution in [-0.4, -0.2) is 5.88 Å². The van der Waals surface area contributed by atoms with Gasteiger partial charge in [0.25, 0.3) is 0 Å². The lowest BCUT2D eigenvalue weighted by Crippen LogP contribution is -2.10. The lowest BCUT2D eigenvalue weighted by Gasteiger charge is -2.17. The lowest BCUT2D eigenvalue weighted by molar-refractivity contribution is 0.366. The van der Waals surface area contributed by atoms with Gasteiger partial charge in [-0.05, 0) is 11.8 Å². The summed E-state index contributed by atoms with van der Waals surface area (Å²) in [5.41, 5.74) is 0. The Bertz CT molecular complexity index is 57.6. The number of hydrogen-bond donors (Lipinski definition) is 0. The van der Waals surface area contributed by atoms with Crippen molar-refractivity contribution in [3.05, 3.63) is 0 Å². The Hall–Kier alpha value is 0.290. The highest BCUT2D eigenvalue weighted by molar-refractivity contribution is 6.18. The third-order valence-corrected chi connectivity index (χ3v) is 2.58. The third-order valence-electron chi connectivity index (χ3n) is 2.10. The molecule has 0 N–H and O–H groups in total. The maximum atomic E-state index is 5.70. The molecule has 1 heteroatoms. The molecule has 0 saturated heterocycles. The summed E-state index contributed by atoms with van der Waals surface area (Å²) in [5.74, 6) is 2.34. The fourth-order valence-electron chi connectivity index (χ4n) is 1.22. The number of alkyl halides is 1. The Morgan fingerprint density at radius 2 is 1.67 bits per heavy atom. The summed E-state index contributed by atoms with van der Waals surface area (Å²) in [4.78, 5) is 0. The van der Waals surface area contributed by atoms with Gasteiger partial charge in [0.1, 0.15) is 0 Å². The first-order valence-corrected chi connectivity index (χ1v) is 4.35. The van der Waals surface area contributed by atoms with Gasteiger partial charge in [-0.2, -0.15) is 0 Å². The van der Waals surface area contributed by atoms with E-state index in [9.17, 15) is 0 Å². The van der Waals surface area contributed by atoms with E-state index < -0.39 is 0 Å². The van der Waals surface area contributed by atoms with Crippen LogP contribution in [0.3, 0.4) is 0 Å². The van der Waals surface area contributed by atoms with Crippen molar-refractivity contribution in [2.75, 3.05) is 5.88 Å². The minimum atomic E-state index is 0.696. The van der Waals surface area contributed by atoms with E-state index in [0.717, 1.165) is 11.8 Å². The van der Waals surface area contributed by atoms with Gasteiger partial charge in [-0.1, -0.05) is 33.6 Å². The fraction of sp³-hybridized carbons (Fsp3) is 1.00. The maximum Gasteiger partial charge on any atom is 0.0251 e. The predicted molar refractivity (Wildman–Crippen MR) is 44.0 cm³/mol. The Kier molecular flexibility index (Phi) is 5.27. The Balaban J connectivity index is 3.50. The van der Waals surface area contributed by atoms with Crippen LogP contribution in [0.1, 0.15) is 33.6 Å². The highest BCUT2D eigenvalue weighted by Crippen LogP contribution is 2.19. The summed E-state index contributed by atoms with van der Waals surface area (Å²) in [7, 11) is 0. The summed E-state index contributed by atoms with van der Waals surface area (Å²) in [6.07, 6.45) is 2.54. The van der Waals surface area contributed by atoms with Crippen molar-refractivity contribution >= 4 is 11.6 Å². The van der Waals surface area contributed by atoms with Crippen LogP contribution in [0.4, 0.5) is 0 Å². The van der Waals surface area contributed by atoms with Gasteiger partial charge < -0.3 is 0 Å². The van der Waals surface area contributed by atoms with Crippen LogP contribution in [0.5, 0.6) is 0 Å². The molecule has 0 aliphatic rings. The van der Waals surface area contributed by atoms with Crippen LogP contribution in [0.2, 0.25) is 0 Å². The number of hydrogen-bond acceptors (Lipinski definition) is 0. The molecule has 0 aliphatic carbocycles. The van der Waals surface area contributed by atoms with Gasteiger partial charge in [-0.25, -0.2) is 0 Å². The molecular weight excluding hydrogens is 132 g/mol. The quantitative estimate of drug-likeness (QED) is 0.537. The van der Waals surface area contributed by atoms with Crippen LogP contribution in [0.15, 0.2) is 0 Å². The van der Waals surface area contributed by atoms with Crippen molar-refractivity contribution in [3.63, 3.8) is 0 Å². The van der Waals surface area contributed by atoms with E-state index in [1.807, 2.05) is 0 Å². The van der Waals surface area contributed by atoms with Crippen LogP contribution in [0, 0.1) is 11.8 Å². The lowest BCUT2D eigenvalue weighted by atomic mass is 9.91. The van der Waals surface area contributed by atoms with Crippen LogP contribution >= 0.6 is 11.6 Å². The minimum absolute atomic E-state index is 0.696. The van der Waals surface area contributed by atoms with E-state index in [1.165, 1.54) is 12.8 Å². The van der Waals surface area contributed by atoms with E-state index in [2.05, 4.69) is 20.8 Å². The highest BCUT2D eigenvalue weighted by atomic mass is 35.5. The standard InChI is InChI=1S/C8H17Cl/c1-4-8(5-2)7(3)6-9/h7-8H,4-6H2,1-3H3. The van der Waals surface area contributed by atoms with Crippen molar-refractivity contribution in [3.8, 4) is 0 Å². The molecule has 1 unspecified atom stereocenters. The van der Waals surface area contributed by atoms with Gasteiger partial charge in [0, 0.05) is 5.88 Å². The monoisotopic (exact) mass is 148 g/mol. The Labute approximate surface area is 63.6 Å². The van der Waals surface area contributed by atoms with E-state index in [0.29, 0.717) is 5.92 Å². The molecule has 0 fully saturated rings. The summed E-state index contributed by atoms with van der Waals surface area (Å²) < 4.78 is 0. The van der Waals surface area contributed by atoms with Gasteiger partial charge in [-0.3, -0.25) is 0 Å². The first kappa shape index (κ1) is 9.29. The number of rotatable bonds is 4. The van der Waals surface area contributed by atoms with Crippen LogP contribution in [-0.2, 0) is 0 Å². The molecule has 0 nitrogen and oxygen atoms in total. The first-order chi connectivity index (χ1) is 4.26. The van der Waals surface area contributed by atoms with E-state index in [1.54, 1.807) is 0 Å². The molecule has 0 aromatic carbocycles. The molecule has 0 aromatic rings. The summed E-state index contributed by atoms with van der Waals surface area (Å²) in [6, 6.07) is 0. The van der Waals surface area contributed by atoms with Crippen LogP contribution in [0.25, 0.3) is 0 Å². The average Bonchev–Trinajstić information content (AvgIpc) is 1.90. The molecule has 9 heavy (non-hydrogen) atoms. The van der Waals surface area contributed by atoms with Crippen molar-refractivity contribution in [1.82, 2.24) is 0 Å². The predicted octanol–water partition coefficient (Wildman–Crippen LogP) is 3.30. The van der Waals surface area contributed by atoms with Crippen molar-refractivity contribution < 1.29 is 0 Å². The second-order valence-electron chi connectivity index (χ2n) is 2.71. The normalized spacial score (nSPS) is 14.3. The average molecular weight is 149 g/mol. The summed E-state index contributed by atoms with van der Waals surface area (Å²) >= 11 is 5.70. The fourth-order valence-corrected chi connectivity index (χ4v) is 1.47. The van der Waals surface area contributed by atoms with Gasteiger partial charge in [0.2, 0.25) is 0 Å². The molecule has 1 atom stereocenters. The zero-order valence-electron chi connectivity index (χ0n) is 6.65. The molecule has 56 valence electrons. The number of halogens is 1. The van der Waals surface area contributed by atoms with Gasteiger partial charge in [0.15, 0.2) is 0 Å². The van der Waals surface area contributed by atoms with Crippen molar-refractivity contribution in [2.24, 2.45) is 11.8 Å². The molecule has 0 amide bonds. The topological polar surface area (TPSA) is 0 Å². The van der Waals surface area contributed by atoms with E-state index in [-0.39, 0.29) is 0 Å². The summed E-state index contributed by atoms with van der Waals surface area (Å²) in [5, 5.41) is 0. The smallest absolute Gasteiger partial charge is 0.0251 e. The van der Waals surface area contributed by atoms with E-state index >= 15 is 0 Å². The first-order valence-electron chi connectivity index (χ1n) is 3.82. The van der Waals surface area contributed by atoms with Crippen LogP contribution < -0.4 is 0 Å². The summed E-state index contributed by atoms with van der Waals surface area (Å²) in [6.45, 7) is 6.69. The zero-order chi connectivity index (χ0) is 7.28. The van der Waals surface area contributed by atoms with Crippen molar-refractivity contribution in [1.29, 1.82) is 0 Å². The highest BCUT2D eigenvalue weighted by Gasteiger charge is 2.10. The Morgan fingerprint density at radius 1 is 1.22 bits per heavy atom. The SMILES string of the molecule is CCC(CC)C(C)CCl. The molecule has 0 bridgehead atoms. The molecule has 0 rings (SSSR count). The second-order valence-corrected chi connectivity index (χ2v) is 3.02. The Morgan fingerprint density at radius 3 is 1.78 bits per heavy atom. The van der Waals surface area contributed by atoms with E-state index in [4.69, 9.17) is 11.6 Å². The molecule has 0 spiro atoms. The second kappa shape index (κ2) is 5.10. The van der Waals surface area contributed by atoms with Gasteiger partial charge in [-0.15, -0.1) is 11.6 Å². The molecule has 0 aromatic heterocycles. The maximum absolute atomic E-state index is 5.70. The molecule has 0 saturated carbocycles. The molecule has 0 radical (unpaired) electrons.